The number of hydrogen-bond acceptors (Lipinski definition) is 4. The van der Waals surface area contributed by atoms with Gasteiger partial charge in [0.1, 0.15) is 10.6 Å². The van der Waals surface area contributed by atoms with Gasteiger partial charge in [-0.2, -0.15) is 4.31 Å². The Balaban J connectivity index is 2.41. The van der Waals surface area contributed by atoms with Crippen LogP contribution in [0.25, 0.3) is 0 Å². The normalized spacial score (nSPS) is 16.5. The minimum absolute atomic E-state index is 0.0955. The predicted octanol–water partition coefficient (Wildman–Crippen LogP) is 1.83. The van der Waals surface area contributed by atoms with Gasteiger partial charge in [-0.1, -0.05) is 6.42 Å². The molecular formula is C14H20N2O4S. The summed E-state index contributed by atoms with van der Waals surface area (Å²) in [6, 6.07) is 4.63. The van der Waals surface area contributed by atoms with E-state index in [2.05, 4.69) is 5.32 Å². The summed E-state index contributed by atoms with van der Waals surface area (Å²) in [5.41, 5.74) is 0.443. The summed E-state index contributed by atoms with van der Waals surface area (Å²) in [6.07, 6.45) is 2.79. The molecule has 0 bridgehead atoms. The average Bonchev–Trinajstić information content (AvgIpc) is 2.47. The summed E-state index contributed by atoms with van der Waals surface area (Å²) in [6.45, 7) is 2.43. The third-order valence-corrected chi connectivity index (χ3v) is 5.34. The Morgan fingerprint density at radius 1 is 1.24 bits per heavy atom. The number of nitrogens with zero attached hydrogens (tertiary/aromatic N) is 1. The van der Waals surface area contributed by atoms with Crippen LogP contribution >= 0.6 is 0 Å². The van der Waals surface area contributed by atoms with Crippen LogP contribution in [0.2, 0.25) is 0 Å². The smallest absolute Gasteiger partial charge is 0.246 e. The summed E-state index contributed by atoms with van der Waals surface area (Å²) in [5, 5.41) is 2.59. The molecule has 0 unspecified atom stereocenters. The van der Waals surface area contributed by atoms with E-state index >= 15 is 0 Å². The zero-order valence-electron chi connectivity index (χ0n) is 12.3. The second kappa shape index (κ2) is 6.44. The van der Waals surface area contributed by atoms with Gasteiger partial charge in [-0.15, -0.1) is 0 Å². The van der Waals surface area contributed by atoms with Gasteiger partial charge < -0.3 is 10.1 Å². The van der Waals surface area contributed by atoms with Crippen LogP contribution < -0.4 is 10.1 Å². The monoisotopic (exact) mass is 312 g/mol. The topological polar surface area (TPSA) is 75.7 Å². The van der Waals surface area contributed by atoms with Crippen molar-refractivity contribution in [3.05, 3.63) is 18.2 Å². The molecule has 1 aliphatic rings. The van der Waals surface area contributed by atoms with Crippen molar-refractivity contribution < 1.29 is 17.9 Å². The summed E-state index contributed by atoms with van der Waals surface area (Å²) < 4.78 is 32.1. The Labute approximate surface area is 125 Å². The molecule has 1 aromatic carbocycles. The molecule has 0 spiro atoms. The summed E-state index contributed by atoms with van der Waals surface area (Å²) >= 11 is 0. The Kier molecular flexibility index (Phi) is 4.84. The van der Waals surface area contributed by atoms with E-state index in [4.69, 9.17) is 4.74 Å². The van der Waals surface area contributed by atoms with Crippen LogP contribution in [0.3, 0.4) is 0 Å². The number of piperidine rings is 1. The second-order valence-electron chi connectivity index (χ2n) is 5.01. The van der Waals surface area contributed by atoms with E-state index in [-0.39, 0.29) is 16.6 Å². The molecule has 0 aliphatic carbocycles. The van der Waals surface area contributed by atoms with Crippen molar-refractivity contribution in [3.8, 4) is 5.75 Å². The molecule has 0 atom stereocenters. The van der Waals surface area contributed by atoms with E-state index < -0.39 is 10.0 Å². The lowest BCUT2D eigenvalue weighted by atomic mass is 10.2. The number of hydrogen-bond donors (Lipinski definition) is 1. The highest BCUT2D eigenvalue weighted by Crippen LogP contribution is 2.31. The lowest BCUT2D eigenvalue weighted by molar-refractivity contribution is -0.114. The minimum Gasteiger partial charge on any atom is -0.495 e. The van der Waals surface area contributed by atoms with Crippen LogP contribution in [-0.2, 0) is 14.8 Å². The van der Waals surface area contributed by atoms with Crippen LogP contribution in [0.1, 0.15) is 26.2 Å². The van der Waals surface area contributed by atoms with Crippen molar-refractivity contribution in [2.45, 2.75) is 31.1 Å². The summed E-state index contributed by atoms with van der Waals surface area (Å²) in [7, 11) is -2.17. The standard InChI is InChI=1S/C14H20N2O4S/c1-11(17)15-12-6-7-13(20-2)14(10-12)21(18,19)16-8-4-3-5-9-16/h6-7,10H,3-5,8-9H2,1-2H3,(H,15,17). The SMILES string of the molecule is COc1ccc(NC(C)=O)cc1S(=O)(=O)N1CCCCC1. The first-order valence-corrected chi connectivity index (χ1v) is 8.35. The number of benzene rings is 1. The van der Waals surface area contributed by atoms with E-state index in [1.165, 1.54) is 24.4 Å². The van der Waals surface area contributed by atoms with Crippen molar-refractivity contribution in [2.75, 3.05) is 25.5 Å². The van der Waals surface area contributed by atoms with Crippen molar-refractivity contribution in [1.82, 2.24) is 4.31 Å². The number of nitrogens with one attached hydrogen (secondary N) is 1. The number of methoxy groups -OCH3 is 1. The number of amides is 1. The van der Waals surface area contributed by atoms with Gasteiger partial charge >= 0.3 is 0 Å². The Hall–Kier alpha value is -1.60. The van der Waals surface area contributed by atoms with Crippen LogP contribution in [-0.4, -0.2) is 38.8 Å². The molecule has 1 amide bonds. The molecule has 116 valence electrons. The maximum Gasteiger partial charge on any atom is 0.246 e. The second-order valence-corrected chi connectivity index (χ2v) is 6.92. The number of ether oxygens (including phenoxy) is 1. The molecular weight excluding hydrogens is 292 g/mol. The van der Waals surface area contributed by atoms with Gasteiger partial charge in [-0.05, 0) is 31.0 Å². The first kappa shape index (κ1) is 15.8. The van der Waals surface area contributed by atoms with Crippen molar-refractivity contribution in [3.63, 3.8) is 0 Å². The molecule has 0 radical (unpaired) electrons. The maximum absolute atomic E-state index is 12.7. The van der Waals surface area contributed by atoms with Crippen LogP contribution in [0.15, 0.2) is 23.1 Å². The van der Waals surface area contributed by atoms with E-state index in [0.29, 0.717) is 18.8 Å². The fourth-order valence-corrected chi connectivity index (χ4v) is 4.10. The molecule has 1 heterocycles. The van der Waals surface area contributed by atoms with E-state index in [1.807, 2.05) is 0 Å². The molecule has 1 aromatic rings. The highest BCUT2D eigenvalue weighted by atomic mass is 32.2. The van der Waals surface area contributed by atoms with Crippen molar-refractivity contribution >= 4 is 21.6 Å². The van der Waals surface area contributed by atoms with Gasteiger partial charge in [-0.3, -0.25) is 4.79 Å². The molecule has 1 fully saturated rings. The van der Waals surface area contributed by atoms with E-state index in [0.717, 1.165) is 19.3 Å². The quantitative estimate of drug-likeness (QED) is 0.920. The third kappa shape index (κ3) is 3.54. The maximum atomic E-state index is 12.7. The Morgan fingerprint density at radius 2 is 1.90 bits per heavy atom. The average molecular weight is 312 g/mol. The number of anilines is 1. The molecule has 21 heavy (non-hydrogen) atoms. The van der Waals surface area contributed by atoms with Gasteiger partial charge in [0, 0.05) is 25.7 Å². The van der Waals surface area contributed by atoms with Gasteiger partial charge in [0.2, 0.25) is 15.9 Å². The Bertz CT molecular complexity index is 622. The van der Waals surface area contributed by atoms with E-state index in [9.17, 15) is 13.2 Å². The molecule has 1 N–H and O–H groups in total. The minimum atomic E-state index is -3.61. The molecule has 0 aromatic heterocycles. The molecule has 6 nitrogen and oxygen atoms in total. The lowest BCUT2D eigenvalue weighted by Gasteiger charge is -2.26. The van der Waals surface area contributed by atoms with Gasteiger partial charge in [0.25, 0.3) is 0 Å². The lowest BCUT2D eigenvalue weighted by Crippen LogP contribution is -2.35. The fourth-order valence-electron chi connectivity index (χ4n) is 2.40. The largest absolute Gasteiger partial charge is 0.495 e. The Morgan fingerprint density at radius 3 is 2.48 bits per heavy atom. The third-order valence-electron chi connectivity index (χ3n) is 3.42. The number of carbonyl (C=O) groups is 1. The first-order chi connectivity index (χ1) is 9.95. The van der Waals surface area contributed by atoms with Crippen molar-refractivity contribution in [2.24, 2.45) is 0 Å². The van der Waals surface area contributed by atoms with E-state index in [1.54, 1.807) is 12.1 Å². The first-order valence-electron chi connectivity index (χ1n) is 6.91. The highest BCUT2D eigenvalue weighted by molar-refractivity contribution is 7.89. The van der Waals surface area contributed by atoms with Crippen LogP contribution in [0.4, 0.5) is 5.69 Å². The van der Waals surface area contributed by atoms with Crippen LogP contribution in [0.5, 0.6) is 5.75 Å². The molecule has 2 rings (SSSR count). The number of carbonyl (C=O) groups excluding carboxylic acids is 1. The fraction of sp³-hybridized carbons (Fsp3) is 0.500. The summed E-state index contributed by atoms with van der Waals surface area (Å²) in [4.78, 5) is 11.2. The highest BCUT2D eigenvalue weighted by Gasteiger charge is 2.29. The molecule has 7 heteroatoms. The zero-order valence-corrected chi connectivity index (χ0v) is 13.1. The summed E-state index contributed by atoms with van der Waals surface area (Å²) in [5.74, 6) is 0.0381. The van der Waals surface area contributed by atoms with Gasteiger partial charge in [0.05, 0.1) is 7.11 Å². The number of sulfonamides is 1. The molecule has 0 saturated carbocycles. The van der Waals surface area contributed by atoms with Gasteiger partial charge in [0.15, 0.2) is 0 Å². The van der Waals surface area contributed by atoms with Gasteiger partial charge in [-0.25, -0.2) is 8.42 Å². The van der Waals surface area contributed by atoms with Crippen molar-refractivity contribution in [1.29, 1.82) is 0 Å². The number of rotatable bonds is 4. The van der Waals surface area contributed by atoms with Crippen LogP contribution in [0, 0.1) is 0 Å². The zero-order chi connectivity index (χ0) is 15.5. The predicted molar refractivity (Wildman–Crippen MR) is 79.9 cm³/mol. The molecule has 1 aliphatic heterocycles. The molecule has 1 saturated heterocycles.